The first-order valence-corrected chi connectivity index (χ1v) is 5.65. The molecular formula is C13H14N4O. The minimum absolute atomic E-state index is 0.262. The van der Waals surface area contributed by atoms with Crippen LogP contribution in [0.5, 0.6) is 0 Å². The Bertz CT molecular complexity index is 528. The molecule has 0 unspecified atom stereocenters. The highest BCUT2D eigenvalue weighted by Crippen LogP contribution is 2.07. The molecule has 0 fully saturated rings. The normalized spacial score (nSPS) is 10.0. The molecule has 0 aliphatic heterocycles. The smallest absolute Gasteiger partial charge is 0.267 e. The van der Waals surface area contributed by atoms with Crippen molar-refractivity contribution in [3.8, 4) is 0 Å². The zero-order valence-corrected chi connectivity index (χ0v) is 9.84. The van der Waals surface area contributed by atoms with Gasteiger partial charge in [0.05, 0.1) is 0 Å². The van der Waals surface area contributed by atoms with Gasteiger partial charge in [0, 0.05) is 36.7 Å². The minimum atomic E-state index is -0.525. The van der Waals surface area contributed by atoms with Gasteiger partial charge >= 0.3 is 0 Å². The van der Waals surface area contributed by atoms with Crippen LogP contribution in [0.1, 0.15) is 16.2 Å². The number of nitrogens with zero attached hydrogens (tertiary/aromatic N) is 2. The third kappa shape index (κ3) is 3.28. The highest BCUT2D eigenvalue weighted by atomic mass is 16.1. The van der Waals surface area contributed by atoms with Crippen molar-refractivity contribution in [1.29, 1.82) is 0 Å². The quantitative estimate of drug-likeness (QED) is 0.826. The number of pyridine rings is 2. The number of carbonyl (C=O) groups is 1. The van der Waals surface area contributed by atoms with E-state index in [4.69, 9.17) is 5.73 Å². The van der Waals surface area contributed by atoms with E-state index < -0.39 is 5.91 Å². The minimum Gasteiger partial charge on any atom is -0.385 e. The van der Waals surface area contributed by atoms with Crippen LogP contribution in [0.25, 0.3) is 0 Å². The maximum absolute atomic E-state index is 11.0. The van der Waals surface area contributed by atoms with Crippen molar-refractivity contribution in [2.24, 2.45) is 5.73 Å². The van der Waals surface area contributed by atoms with Crippen molar-refractivity contribution in [2.75, 3.05) is 11.9 Å². The summed E-state index contributed by atoms with van der Waals surface area (Å²) in [5.74, 6) is -0.525. The third-order valence-corrected chi connectivity index (χ3v) is 2.45. The highest BCUT2D eigenvalue weighted by molar-refractivity contribution is 5.91. The van der Waals surface area contributed by atoms with Gasteiger partial charge in [-0.05, 0) is 24.3 Å². The Balaban J connectivity index is 1.90. The molecule has 2 aromatic rings. The van der Waals surface area contributed by atoms with Gasteiger partial charge in [-0.2, -0.15) is 0 Å². The Morgan fingerprint density at radius 1 is 1.22 bits per heavy atom. The lowest BCUT2D eigenvalue weighted by molar-refractivity contribution is 0.0995. The molecule has 2 heterocycles. The van der Waals surface area contributed by atoms with Gasteiger partial charge in [0.15, 0.2) is 0 Å². The van der Waals surface area contributed by atoms with Gasteiger partial charge in [0.1, 0.15) is 5.69 Å². The Morgan fingerprint density at radius 2 is 2.11 bits per heavy atom. The molecular weight excluding hydrogens is 228 g/mol. The van der Waals surface area contributed by atoms with Crippen molar-refractivity contribution in [3.63, 3.8) is 0 Å². The molecule has 3 N–H and O–H groups in total. The molecule has 0 aromatic carbocycles. The molecule has 18 heavy (non-hydrogen) atoms. The summed E-state index contributed by atoms with van der Waals surface area (Å²) < 4.78 is 0. The lowest BCUT2D eigenvalue weighted by atomic mass is 10.2. The van der Waals surface area contributed by atoms with Gasteiger partial charge in [-0.15, -0.1) is 0 Å². The molecule has 0 saturated carbocycles. The standard InChI is InChI=1S/C13H14N4O/c14-13(18)12-9-11(5-8-17-12)16-7-4-10-3-1-2-6-15-10/h1-3,5-6,8-9H,4,7H2,(H2,14,18)(H,16,17). The number of primary amides is 1. The van der Waals surface area contributed by atoms with E-state index >= 15 is 0 Å². The van der Waals surface area contributed by atoms with Crippen LogP contribution in [0.2, 0.25) is 0 Å². The molecule has 0 atom stereocenters. The van der Waals surface area contributed by atoms with Crippen molar-refractivity contribution in [2.45, 2.75) is 6.42 Å². The Kier molecular flexibility index (Phi) is 3.86. The van der Waals surface area contributed by atoms with Crippen LogP contribution >= 0.6 is 0 Å². The van der Waals surface area contributed by atoms with E-state index in [0.717, 1.165) is 24.3 Å². The molecule has 5 heteroatoms. The number of rotatable bonds is 5. The number of anilines is 1. The van der Waals surface area contributed by atoms with Gasteiger partial charge in [0.25, 0.3) is 5.91 Å². The largest absolute Gasteiger partial charge is 0.385 e. The SMILES string of the molecule is NC(=O)c1cc(NCCc2ccccn2)ccn1. The number of aromatic nitrogens is 2. The van der Waals surface area contributed by atoms with Gasteiger partial charge < -0.3 is 11.1 Å². The molecule has 0 bridgehead atoms. The van der Waals surface area contributed by atoms with Crippen LogP contribution in [0.4, 0.5) is 5.69 Å². The number of amides is 1. The fourth-order valence-electron chi connectivity index (χ4n) is 1.56. The van der Waals surface area contributed by atoms with Crippen molar-refractivity contribution >= 4 is 11.6 Å². The Labute approximate surface area is 105 Å². The van der Waals surface area contributed by atoms with E-state index in [-0.39, 0.29) is 5.69 Å². The topological polar surface area (TPSA) is 80.9 Å². The van der Waals surface area contributed by atoms with E-state index in [0.29, 0.717) is 0 Å². The number of carbonyl (C=O) groups excluding carboxylic acids is 1. The number of hydrogen-bond acceptors (Lipinski definition) is 4. The maximum atomic E-state index is 11.0. The summed E-state index contributed by atoms with van der Waals surface area (Å²) >= 11 is 0. The van der Waals surface area contributed by atoms with Gasteiger partial charge in [-0.25, -0.2) is 0 Å². The molecule has 0 aliphatic rings. The maximum Gasteiger partial charge on any atom is 0.267 e. The first-order valence-electron chi connectivity index (χ1n) is 5.65. The second kappa shape index (κ2) is 5.77. The average molecular weight is 242 g/mol. The number of nitrogens with one attached hydrogen (secondary N) is 1. The molecule has 2 aromatic heterocycles. The number of hydrogen-bond donors (Lipinski definition) is 2. The predicted octanol–water partition coefficient (Wildman–Crippen LogP) is 1.23. The van der Waals surface area contributed by atoms with Crippen LogP contribution in [-0.4, -0.2) is 22.4 Å². The summed E-state index contributed by atoms with van der Waals surface area (Å²) in [5, 5.41) is 3.20. The monoisotopic (exact) mass is 242 g/mol. The Morgan fingerprint density at radius 3 is 2.83 bits per heavy atom. The number of nitrogens with two attached hydrogens (primary N) is 1. The lowest BCUT2D eigenvalue weighted by Gasteiger charge is -2.06. The highest BCUT2D eigenvalue weighted by Gasteiger charge is 2.02. The van der Waals surface area contributed by atoms with E-state index in [2.05, 4.69) is 15.3 Å². The molecule has 0 saturated heterocycles. The first-order chi connectivity index (χ1) is 8.75. The fraction of sp³-hybridized carbons (Fsp3) is 0.154. The first kappa shape index (κ1) is 12.0. The zero-order valence-electron chi connectivity index (χ0n) is 9.84. The fourth-order valence-corrected chi connectivity index (χ4v) is 1.56. The molecule has 92 valence electrons. The summed E-state index contributed by atoms with van der Waals surface area (Å²) in [7, 11) is 0. The zero-order chi connectivity index (χ0) is 12.8. The van der Waals surface area contributed by atoms with Crippen LogP contribution in [0.15, 0.2) is 42.7 Å². The summed E-state index contributed by atoms with van der Waals surface area (Å²) in [5.41, 5.74) is 7.28. The van der Waals surface area contributed by atoms with Crippen LogP contribution in [-0.2, 0) is 6.42 Å². The molecule has 1 amide bonds. The average Bonchev–Trinajstić information content (AvgIpc) is 2.40. The van der Waals surface area contributed by atoms with Crippen molar-refractivity contribution < 1.29 is 4.79 Å². The van der Waals surface area contributed by atoms with Crippen LogP contribution in [0, 0.1) is 0 Å². The van der Waals surface area contributed by atoms with E-state index in [1.54, 1.807) is 24.5 Å². The second-order valence-electron chi connectivity index (χ2n) is 3.79. The Hall–Kier alpha value is -2.43. The summed E-state index contributed by atoms with van der Waals surface area (Å²) in [6.45, 7) is 0.735. The molecule has 5 nitrogen and oxygen atoms in total. The van der Waals surface area contributed by atoms with Crippen LogP contribution < -0.4 is 11.1 Å². The summed E-state index contributed by atoms with van der Waals surface area (Å²) in [6.07, 6.45) is 4.14. The molecule has 0 radical (unpaired) electrons. The van der Waals surface area contributed by atoms with E-state index in [1.165, 1.54) is 0 Å². The van der Waals surface area contributed by atoms with Gasteiger partial charge in [0.2, 0.25) is 0 Å². The van der Waals surface area contributed by atoms with Crippen LogP contribution in [0.3, 0.4) is 0 Å². The lowest BCUT2D eigenvalue weighted by Crippen LogP contribution is -2.13. The molecule has 2 rings (SSSR count). The second-order valence-corrected chi connectivity index (χ2v) is 3.79. The van der Waals surface area contributed by atoms with Crippen molar-refractivity contribution in [1.82, 2.24) is 9.97 Å². The van der Waals surface area contributed by atoms with E-state index in [9.17, 15) is 4.79 Å². The van der Waals surface area contributed by atoms with Crippen molar-refractivity contribution in [3.05, 3.63) is 54.1 Å². The van der Waals surface area contributed by atoms with E-state index in [1.807, 2.05) is 18.2 Å². The molecule has 0 spiro atoms. The predicted molar refractivity (Wildman–Crippen MR) is 69.2 cm³/mol. The van der Waals surface area contributed by atoms with Gasteiger partial charge in [-0.1, -0.05) is 6.07 Å². The summed E-state index contributed by atoms with van der Waals surface area (Å²) in [6, 6.07) is 9.26. The molecule has 0 aliphatic carbocycles. The summed E-state index contributed by atoms with van der Waals surface area (Å²) in [4.78, 5) is 19.1. The van der Waals surface area contributed by atoms with Gasteiger partial charge in [-0.3, -0.25) is 14.8 Å². The third-order valence-electron chi connectivity index (χ3n) is 2.45.